The molecule has 0 atom stereocenters. The fraction of sp³-hybridized carbons (Fsp3) is 0.0208. The van der Waals surface area contributed by atoms with Crippen molar-refractivity contribution in [3.05, 3.63) is 169 Å². The van der Waals surface area contributed by atoms with Crippen LogP contribution in [0.4, 0.5) is 0 Å². The summed E-state index contributed by atoms with van der Waals surface area (Å²) in [4.78, 5) is 0. The number of fused-ring (bicyclic) bond motifs is 14. The third kappa shape index (κ3) is 4.47. The molecule has 5 heteroatoms. The molecule has 53 heavy (non-hydrogen) atoms. The predicted octanol–water partition coefficient (Wildman–Crippen LogP) is 13.3. The minimum absolute atomic E-state index is 0.822. The van der Waals surface area contributed by atoms with Gasteiger partial charge >= 0.3 is 0 Å². The molecule has 1 N–H and O–H groups in total. The second-order valence-corrected chi connectivity index (χ2v) is 13.7. The lowest BCUT2D eigenvalue weighted by atomic mass is 9.97. The number of nitrogens with one attached hydrogen (secondary N) is 1. The number of nitrogens with zero attached hydrogens (tertiary/aromatic N) is 2. The first-order chi connectivity index (χ1) is 26.2. The number of aromatic nitrogens is 3. The van der Waals surface area contributed by atoms with Crippen LogP contribution in [0.1, 0.15) is 5.56 Å². The predicted molar refractivity (Wildman–Crippen MR) is 219 cm³/mol. The highest BCUT2D eigenvalue weighted by molar-refractivity contribution is 6.28. The molecule has 250 valence electrons. The molecular formula is C48H31N3O2. The minimum atomic E-state index is 0.822. The molecule has 4 aromatic heterocycles. The highest BCUT2D eigenvalue weighted by Crippen LogP contribution is 2.42. The molecule has 0 aliphatic heterocycles. The number of para-hydroxylation sites is 3. The molecule has 0 amide bonds. The largest absolute Gasteiger partial charge is 0.455 e. The van der Waals surface area contributed by atoms with E-state index in [0.717, 1.165) is 49.9 Å². The van der Waals surface area contributed by atoms with E-state index in [1.54, 1.807) is 0 Å². The maximum Gasteiger partial charge on any atom is 0.181 e. The molecule has 0 aliphatic carbocycles. The Kier molecular flexibility index (Phi) is 6.40. The number of hydrogen-bond donors (Lipinski definition) is 1. The lowest BCUT2D eigenvalue weighted by Crippen LogP contribution is -1.94. The second kappa shape index (κ2) is 11.5. The van der Waals surface area contributed by atoms with Crippen LogP contribution < -0.4 is 0 Å². The Bertz CT molecular complexity index is 3340. The number of hydrogen-bond acceptors (Lipinski definition) is 3. The summed E-state index contributed by atoms with van der Waals surface area (Å²) in [5, 5.41) is 18.2. The van der Waals surface area contributed by atoms with Crippen LogP contribution in [0.15, 0.2) is 173 Å². The molecule has 0 spiro atoms. The molecule has 12 aromatic rings. The van der Waals surface area contributed by atoms with Gasteiger partial charge in [-0.05, 0) is 60.2 Å². The molecule has 0 fully saturated rings. The molecule has 0 bridgehead atoms. The van der Waals surface area contributed by atoms with Crippen LogP contribution in [-0.2, 0) is 0 Å². The molecular weight excluding hydrogens is 651 g/mol. The monoisotopic (exact) mass is 681 g/mol. The Morgan fingerprint density at radius 3 is 1.91 bits per heavy atom. The maximum absolute atomic E-state index is 6.47. The van der Waals surface area contributed by atoms with Crippen molar-refractivity contribution in [2.24, 2.45) is 0 Å². The normalized spacial score (nSPS) is 11.9. The summed E-state index contributed by atoms with van der Waals surface area (Å²) in [6, 6.07) is 57.4. The van der Waals surface area contributed by atoms with Crippen LogP contribution in [-0.4, -0.2) is 14.8 Å². The zero-order valence-electron chi connectivity index (χ0n) is 28.8. The van der Waals surface area contributed by atoms with Gasteiger partial charge in [0.25, 0.3) is 0 Å². The first-order valence-electron chi connectivity index (χ1n) is 17.9. The fourth-order valence-electron chi connectivity index (χ4n) is 8.10. The van der Waals surface area contributed by atoms with Gasteiger partial charge in [0.2, 0.25) is 0 Å². The number of aromatic amines is 1. The van der Waals surface area contributed by atoms with E-state index in [-0.39, 0.29) is 0 Å². The topological polar surface area (TPSA) is 59.9 Å². The zero-order valence-corrected chi connectivity index (χ0v) is 28.8. The van der Waals surface area contributed by atoms with Crippen molar-refractivity contribution in [2.75, 3.05) is 0 Å². The third-order valence-corrected chi connectivity index (χ3v) is 10.6. The summed E-state index contributed by atoms with van der Waals surface area (Å²) in [7, 11) is 0. The lowest BCUT2D eigenvalue weighted by Gasteiger charge is -2.11. The Morgan fingerprint density at radius 2 is 1.09 bits per heavy atom. The average Bonchev–Trinajstić information content (AvgIpc) is 3.98. The standard InChI is InChI=1S/C33H21NO.C15H10N2O/c1-20-10-14-22(15-11-20)34-29-8-4-2-6-23(29)26-19-18-25-27(32(26)34)16-12-21-13-17-28-24-7-3-5-9-30(24)35-33(28)31(21)25;1-2-6-10(7-3-1)13-15-14(17-16-13)11-8-4-5-9-12(11)18-15/h2-19H,1H3;1-9H,(H,16,17). The molecule has 0 aliphatic rings. The molecule has 0 unspecified atom stereocenters. The highest BCUT2D eigenvalue weighted by atomic mass is 16.3. The van der Waals surface area contributed by atoms with Crippen LogP contribution in [0.5, 0.6) is 0 Å². The van der Waals surface area contributed by atoms with Gasteiger partial charge in [0.05, 0.1) is 11.0 Å². The van der Waals surface area contributed by atoms with Gasteiger partial charge in [0.1, 0.15) is 28.0 Å². The van der Waals surface area contributed by atoms with Crippen molar-refractivity contribution in [1.29, 1.82) is 0 Å². The first kappa shape index (κ1) is 29.6. The minimum Gasteiger partial charge on any atom is -0.455 e. The molecule has 8 aromatic carbocycles. The van der Waals surface area contributed by atoms with E-state index in [0.29, 0.717) is 0 Å². The number of benzene rings is 8. The fourth-order valence-corrected chi connectivity index (χ4v) is 8.10. The Labute approximate surface area is 303 Å². The molecule has 12 rings (SSSR count). The van der Waals surface area contributed by atoms with Gasteiger partial charge in [-0.1, -0.05) is 127 Å². The smallest absolute Gasteiger partial charge is 0.181 e. The van der Waals surface area contributed by atoms with Crippen molar-refractivity contribution in [3.63, 3.8) is 0 Å². The quantitative estimate of drug-likeness (QED) is 0.185. The molecule has 0 radical (unpaired) electrons. The SMILES string of the molecule is Cc1ccc(-n2c3ccccc3c3ccc4c(ccc5ccc6c7ccccc7oc6c54)c32)cc1.c1ccc(-c2n[nH]c3c2oc2ccccc23)cc1. The van der Waals surface area contributed by atoms with E-state index >= 15 is 0 Å². The maximum atomic E-state index is 6.47. The number of furan rings is 2. The zero-order chi connectivity index (χ0) is 35.0. The molecule has 0 saturated carbocycles. The van der Waals surface area contributed by atoms with Crippen LogP contribution in [0.3, 0.4) is 0 Å². The van der Waals surface area contributed by atoms with Crippen LogP contribution in [0.2, 0.25) is 0 Å². The van der Waals surface area contributed by atoms with Gasteiger partial charge in [-0.15, -0.1) is 0 Å². The van der Waals surface area contributed by atoms with E-state index in [2.05, 4.69) is 125 Å². The Morgan fingerprint density at radius 1 is 0.491 bits per heavy atom. The van der Waals surface area contributed by atoms with E-state index in [1.165, 1.54) is 60.0 Å². The summed E-state index contributed by atoms with van der Waals surface area (Å²) < 4.78 is 14.8. The van der Waals surface area contributed by atoms with E-state index in [4.69, 9.17) is 8.83 Å². The van der Waals surface area contributed by atoms with Crippen molar-refractivity contribution < 1.29 is 8.83 Å². The average molecular weight is 682 g/mol. The van der Waals surface area contributed by atoms with Gasteiger partial charge in [-0.3, -0.25) is 5.10 Å². The Balaban J connectivity index is 0.000000154. The van der Waals surface area contributed by atoms with Crippen molar-refractivity contribution in [2.45, 2.75) is 6.92 Å². The second-order valence-electron chi connectivity index (χ2n) is 13.7. The number of H-pyrrole nitrogens is 1. The lowest BCUT2D eigenvalue weighted by molar-refractivity contribution is 0.670. The first-order valence-corrected chi connectivity index (χ1v) is 17.9. The van der Waals surface area contributed by atoms with Gasteiger partial charge in [0.15, 0.2) is 5.58 Å². The van der Waals surface area contributed by atoms with Crippen LogP contribution in [0.25, 0.3) is 104 Å². The van der Waals surface area contributed by atoms with Crippen LogP contribution >= 0.6 is 0 Å². The summed E-state index contributed by atoms with van der Waals surface area (Å²) in [5.41, 5.74) is 11.4. The summed E-state index contributed by atoms with van der Waals surface area (Å²) in [6.07, 6.45) is 0. The van der Waals surface area contributed by atoms with Crippen LogP contribution in [0, 0.1) is 6.92 Å². The summed E-state index contributed by atoms with van der Waals surface area (Å²) in [6.45, 7) is 2.13. The van der Waals surface area contributed by atoms with Gasteiger partial charge in [-0.2, -0.15) is 5.10 Å². The van der Waals surface area contributed by atoms with Gasteiger partial charge < -0.3 is 13.4 Å². The summed E-state index contributed by atoms with van der Waals surface area (Å²) in [5.74, 6) is 0. The number of rotatable bonds is 2. The third-order valence-electron chi connectivity index (χ3n) is 10.6. The Hall–Kier alpha value is -7.11. The van der Waals surface area contributed by atoms with E-state index in [1.807, 2.05) is 60.7 Å². The summed E-state index contributed by atoms with van der Waals surface area (Å²) >= 11 is 0. The molecule has 5 nitrogen and oxygen atoms in total. The van der Waals surface area contributed by atoms with Gasteiger partial charge in [0, 0.05) is 49.0 Å². The number of aryl methyl sites for hydroxylation is 1. The van der Waals surface area contributed by atoms with Crippen molar-refractivity contribution in [1.82, 2.24) is 14.8 Å². The molecule has 4 heterocycles. The van der Waals surface area contributed by atoms with Crippen molar-refractivity contribution in [3.8, 4) is 16.9 Å². The van der Waals surface area contributed by atoms with Gasteiger partial charge in [-0.25, -0.2) is 0 Å². The highest BCUT2D eigenvalue weighted by Gasteiger charge is 2.19. The van der Waals surface area contributed by atoms with E-state index < -0.39 is 0 Å². The van der Waals surface area contributed by atoms with E-state index in [9.17, 15) is 0 Å². The van der Waals surface area contributed by atoms with Crippen molar-refractivity contribution >= 4 is 87.4 Å². The molecule has 0 saturated heterocycles.